The number of ether oxygens (including phenoxy) is 1. The number of anilines is 1. The smallest absolute Gasteiger partial charge is 0.249 e. The summed E-state index contributed by atoms with van der Waals surface area (Å²) in [6, 6.07) is 9.21. The number of hydrogen-bond acceptors (Lipinski definition) is 5. The number of hydrogen-bond donors (Lipinski definition) is 2. The molecule has 1 amide bonds. The minimum absolute atomic E-state index is 0.0964. The summed E-state index contributed by atoms with van der Waals surface area (Å²) in [7, 11) is 1.53. The quantitative estimate of drug-likeness (QED) is 0.798. The third-order valence-electron chi connectivity index (χ3n) is 4.65. The van der Waals surface area contributed by atoms with Crippen LogP contribution in [0.25, 0.3) is 0 Å². The second kappa shape index (κ2) is 7.70. The van der Waals surface area contributed by atoms with Crippen molar-refractivity contribution in [1.29, 1.82) is 0 Å². The van der Waals surface area contributed by atoms with Crippen molar-refractivity contribution in [1.82, 2.24) is 15.4 Å². The molecule has 1 aliphatic rings. The van der Waals surface area contributed by atoms with Crippen LogP contribution in [0.4, 0.5) is 5.95 Å². The molecule has 0 spiro atoms. The van der Waals surface area contributed by atoms with Gasteiger partial charge in [-0.3, -0.25) is 15.6 Å². The van der Waals surface area contributed by atoms with E-state index < -0.39 is 5.41 Å². The van der Waals surface area contributed by atoms with E-state index in [1.54, 1.807) is 12.3 Å². The van der Waals surface area contributed by atoms with Crippen LogP contribution in [0.5, 0.6) is 5.88 Å². The molecular weight excluding hydrogens is 340 g/mol. The fourth-order valence-corrected chi connectivity index (χ4v) is 3.53. The van der Waals surface area contributed by atoms with Crippen molar-refractivity contribution >= 4 is 23.5 Å². The maximum absolute atomic E-state index is 13.1. The molecule has 6 nitrogen and oxygen atoms in total. The van der Waals surface area contributed by atoms with Crippen LogP contribution in [0, 0.1) is 0 Å². The molecule has 1 aromatic heterocycles. The molecule has 0 atom stereocenters. The molecule has 1 heterocycles. The van der Waals surface area contributed by atoms with Crippen LogP contribution >= 0.6 is 11.6 Å². The average Bonchev–Trinajstić information content (AvgIpc) is 2.66. The highest BCUT2D eigenvalue weighted by Crippen LogP contribution is 2.40. The van der Waals surface area contributed by atoms with E-state index in [1.807, 2.05) is 24.3 Å². The second-order valence-corrected chi connectivity index (χ2v) is 6.59. The van der Waals surface area contributed by atoms with Crippen LogP contribution in [0.2, 0.25) is 5.02 Å². The number of aromatic nitrogens is 2. The first-order valence-corrected chi connectivity index (χ1v) is 8.71. The third-order valence-corrected chi connectivity index (χ3v) is 4.88. The summed E-state index contributed by atoms with van der Waals surface area (Å²) in [4.78, 5) is 21.3. The molecule has 0 unspecified atom stereocenters. The van der Waals surface area contributed by atoms with Gasteiger partial charge >= 0.3 is 0 Å². The van der Waals surface area contributed by atoms with Crippen LogP contribution in [0.1, 0.15) is 37.7 Å². The summed E-state index contributed by atoms with van der Waals surface area (Å²) in [5.41, 5.74) is 5.92. The highest BCUT2D eigenvalue weighted by molar-refractivity contribution is 6.30. The van der Waals surface area contributed by atoms with Crippen LogP contribution in [-0.2, 0) is 10.2 Å². The van der Waals surface area contributed by atoms with Gasteiger partial charge in [0, 0.05) is 17.3 Å². The predicted octanol–water partition coefficient (Wildman–Crippen LogP) is 3.48. The van der Waals surface area contributed by atoms with E-state index in [2.05, 4.69) is 20.8 Å². The number of benzene rings is 1. The lowest BCUT2D eigenvalue weighted by atomic mass is 9.69. The molecule has 0 aliphatic heterocycles. The minimum atomic E-state index is -0.588. The van der Waals surface area contributed by atoms with Gasteiger partial charge in [0.1, 0.15) is 0 Å². The highest BCUT2D eigenvalue weighted by Gasteiger charge is 2.41. The van der Waals surface area contributed by atoms with Crippen molar-refractivity contribution < 1.29 is 9.53 Å². The molecule has 0 bridgehead atoms. The van der Waals surface area contributed by atoms with Crippen LogP contribution in [0.3, 0.4) is 0 Å². The molecule has 1 aromatic carbocycles. The van der Waals surface area contributed by atoms with Crippen molar-refractivity contribution in [3.63, 3.8) is 0 Å². The molecule has 132 valence electrons. The lowest BCUT2D eigenvalue weighted by Crippen LogP contribution is -2.48. The lowest BCUT2D eigenvalue weighted by molar-refractivity contribution is -0.127. The Labute approximate surface area is 151 Å². The van der Waals surface area contributed by atoms with Gasteiger partial charge < -0.3 is 4.74 Å². The summed E-state index contributed by atoms with van der Waals surface area (Å²) in [6.45, 7) is 0. The molecule has 3 rings (SSSR count). The van der Waals surface area contributed by atoms with Gasteiger partial charge in [-0.25, -0.2) is 4.98 Å². The lowest BCUT2D eigenvalue weighted by Gasteiger charge is -2.36. The zero-order valence-electron chi connectivity index (χ0n) is 14.1. The van der Waals surface area contributed by atoms with Crippen LogP contribution in [0.15, 0.2) is 36.5 Å². The molecule has 1 aliphatic carbocycles. The maximum atomic E-state index is 13.1. The van der Waals surface area contributed by atoms with E-state index in [-0.39, 0.29) is 11.9 Å². The monoisotopic (exact) mass is 360 g/mol. The molecule has 2 aromatic rings. The Morgan fingerprint density at radius 3 is 2.76 bits per heavy atom. The highest BCUT2D eigenvalue weighted by atomic mass is 35.5. The Morgan fingerprint density at radius 2 is 2.04 bits per heavy atom. The fraction of sp³-hybridized carbons (Fsp3) is 0.389. The maximum Gasteiger partial charge on any atom is 0.249 e. The van der Waals surface area contributed by atoms with E-state index >= 15 is 0 Å². The van der Waals surface area contributed by atoms with Crippen LogP contribution < -0.4 is 15.6 Å². The number of nitrogens with one attached hydrogen (secondary N) is 2. The van der Waals surface area contributed by atoms with Crippen LogP contribution in [-0.4, -0.2) is 23.0 Å². The minimum Gasteiger partial charge on any atom is -0.481 e. The number of carbonyl (C=O) groups excluding carboxylic acids is 1. The van der Waals surface area contributed by atoms with Gasteiger partial charge in [-0.05, 0) is 30.5 Å². The zero-order chi connectivity index (χ0) is 17.7. The van der Waals surface area contributed by atoms with E-state index in [4.69, 9.17) is 16.3 Å². The summed E-state index contributed by atoms with van der Waals surface area (Å²) in [5, 5.41) is 0.638. The zero-order valence-corrected chi connectivity index (χ0v) is 14.8. The molecule has 2 N–H and O–H groups in total. The molecule has 0 radical (unpaired) electrons. The molecule has 0 saturated heterocycles. The van der Waals surface area contributed by atoms with E-state index in [9.17, 15) is 4.79 Å². The number of amides is 1. The molecule has 7 heteroatoms. The van der Waals surface area contributed by atoms with Gasteiger partial charge in [0.2, 0.25) is 17.7 Å². The van der Waals surface area contributed by atoms with E-state index in [0.717, 1.165) is 37.7 Å². The fourth-order valence-electron chi connectivity index (χ4n) is 3.34. The van der Waals surface area contributed by atoms with Crippen molar-refractivity contribution in [3.8, 4) is 5.88 Å². The second-order valence-electron chi connectivity index (χ2n) is 6.15. The van der Waals surface area contributed by atoms with Crippen molar-refractivity contribution in [2.75, 3.05) is 12.5 Å². The largest absolute Gasteiger partial charge is 0.481 e. The number of rotatable bonds is 5. The summed E-state index contributed by atoms with van der Waals surface area (Å²) in [6.07, 6.45) is 6.31. The van der Waals surface area contributed by atoms with Gasteiger partial charge in [-0.1, -0.05) is 43.0 Å². The summed E-state index contributed by atoms with van der Waals surface area (Å²) in [5.74, 6) is 0.611. The van der Waals surface area contributed by atoms with Crippen molar-refractivity contribution in [2.24, 2.45) is 0 Å². The van der Waals surface area contributed by atoms with Gasteiger partial charge in [0.15, 0.2) is 0 Å². The number of methoxy groups -OCH3 is 1. The molecule has 1 saturated carbocycles. The normalized spacial score (nSPS) is 16.1. The predicted molar refractivity (Wildman–Crippen MR) is 96.6 cm³/mol. The Balaban J connectivity index is 1.80. The number of hydrazine groups is 1. The van der Waals surface area contributed by atoms with E-state index in [0.29, 0.717) is 10.9 Å². The first-order chi connectivity index (χ1) is 12.1. The van der Waals surface area contributed by atoms with Gasteiger partial charge in [0.25, 0.3) is 0 Å². The van der Waals surface area contributed by atoms with Gasteiger partial charge in [-0.15, -0.1) is 0 Å². The molecular formula is C18H21ClN4O2. The topological polar surface area (TPSA) is 76.1 Å². The third kappa shape index (κ3) is 3.85. The SMILES string of the molecule is COc1ccnc(NNC(=O)C2(c3cccc(Cl)c3)CCCCC2)n1. The molecule has 25 heavy (non-hydrogen) atoms. The number of halogens is 1. The number of carbonyl (C=O) groups is 1. The first kappa shape index (κ1) is 17.5. The van der Waals surface area contributed by atoms with Gasteiger partial charge in [-0.2, -0.15) is 4.98 Å². The Morgan fingerprint density at radius 1 is 1.24 bits per heavy atom. The Hall–Kier alpha value is -2.34. The first-order valence-electron chi connectivity index (χ1n) is 8.33. The Kier molecular flexibility index (Phi) is 5.38. The van der Waals surface area contributed by atoms with Crippen molar-refractivity contribution in [2.45, 2.75) is 37.5 Å². The average molecular weight is 361 g/mol. The molecule has 1 fully saturated rings. The van der Waals surface area contributed by atoms with Crippen molar-refractivity contribution in [3.05, 3.63) is 47.1 Å². The summed E-state index contributed by atoms with van der Waals surface area (Å²) >= 11 is 6.16. The number of nitrogens with zero attached hydrogens (tertiary/aromatic N) is 2. The van der Waals surface area contributed by atoms with Gasteiger partial charge in [0.05, 0.1) is 12.5 Å². The Bertz CT molecular complexity index is 747. The van der Waals surface area contributed by atoms with E-state index in [1.165, 1.54) is 7.11 Å². The summed E-state index contributed by atoms with van der Waals surface area (Å²) < 4.78 is 5.06. The standard InChI is InChI=1S/C18H21ClN4O2/c1-25-15-8-11-20-17(21-15)23-22-16(24)18(9-3-2-4-10-18)13-6-5-7-14(19)12-13/h5-8,11-12H,2-4,9-10H2,1H3,(H,22,24)(H,20,21,23).